The van der Waals surface area contributed by atoms with E-state index < -0.39 is 0 Å². The number of nitrogens with one attached hydrogen (secondary N) is 1. The Morgan fingerprint density at radius 1 is 1.42 bits per heavy atom. The van der Waals surface area contributed by atoms with Crippen LogP contribution in [0.4, 0.5) is 6.01 Å². The van der Waals surface area contributed by atoms with Crippen LogP contribution < -0.4 is 16.0 Å². The zero-order valence-corrected chi connectivity index (χ0v) is 10.8. The maximum absolute atomic E-state index is 11.2. The molecule has 3 N–H and O–H groups in total. The number of amides is 1. The first-order valence-electron chi connectivity index (χ1n) is 6.82. The van der Waals surface area contributed by atoms with E-state index in [1.165, 1.54) is 12.8 Å². The molecule has 3 rings (SSSR count). The molecule has 0 aromatic carbocycles. The van der Waals surface area contributed by atoms with E-state index in [-0.39, 0.29) is 11.8 Å². The minimum absolute atomic E-state index is 0.117. The van der Waals surface area contributed by atoms with Gasteiger partial charge in [0.25, 0.3) is 0 Å². The van der Waals surface area contributed by atoms with Crippen LogP contribution in [-0.4, -0.2) is 35.2 Å². The Morgan fingerprint density at radius 3 is 3.00 bits per heavy atom. The van der Waals surface area contributed by atoms with E-state index in [0.717, 1.165) is 19.4 Å². The van der Waals surface area contributed by atoms with Gasteiger partial charge in [-0.15, -0.1) is 5.10 Å². The van der Waals surface area contributed by atoms with Gasteiger partial charge in [-0.25, -0.2) is 0 Å². The number of carbonyl (C=O) groups is 1. The molecule has 2 aliphatic rings. The number of carbonyl (C=O) groups excluding carboxylic acids is 1. The van der Waals surface area contributed by atoms with Gasteiger partial charge < -0.3 is 20.4 Å². The van der Waals surface area contributed by atoms with Crippen LogP contribution in [0, 0.1) is 5.92 Å². The van der Waals surface area contributed by atoms with Crippen LogP contribution in [-0.2, 0) is 11.3 Å². The Hall–Kier alpha value is -1.63. The van der Waals surface area contributed by atoms with Gasteiger partial charge in [0.05, 0.1) is 12.5 Å². The summed E-state index contributed by atoms with van der Waals surface area (Å²) in [6.07, 6.45) is 4.22. The van der Waals surface area contributed by atoms with Crippen LogP contribution in [0.15, 0.2) is 4.42 Å². The molecule has 104 valence electrons. The van der Waals surface area contributed by atoms with Gasteiger partial charge in [0, 0.05) is 19.1 Å². The third-order valence-corrected chi connectivity index (χ3v) is 3.67. The Labute approximate surface area is 111 Å². The molecule has 1 saturated carbocycles. The Morgan fingerprint density at radius 2 is 2.26 bits per heavy atom. The summed E-state index contributed by atoms with van der Waals surface area (Å²) in [5.74, 6) is 0.233. The maximum Gasteiger partial charge on any atom is 0.318 e. The topological polar surface area (TPSA) is 97.3 Å². The first kappa shape index (κ1) is 12.4. The van der Waals surface area contributed by atoms with Crippen molar-refractivity contribution < 1.29 is 9.21 Å². The number of anilines is 1. The lowest BCUT2D eigenvalue weighted by atomic mass is 9.98. The molecule has 2 heterocycles. The molecule has 19 heavy (non-hydrogen) atoms. The smallest absolute Gasteiger partial charge is 0.318 e. The second-order valence-corrected chi connectivity index (χ2v) is 5.32. The molecule has 2 fully saturated rings. The van der Waals surface area contributed by atoms with E-state index in [2.05, 4.69) is 15.5 Å². The van der Waals surface area contributed by atoms with Crippen molar-refractivity contribution in [2.24, 2.45) is 11.7 Å². The van der Waals surface area contributed by atoms with Crippen LogP contribution in [0.3, 0.4) is 0 Å². The lowest BCUT2D eigenvalue weighted by molar-refractivity contribution is -0.122. The van der Waals surface area contributed by atoms with Gasteiger partial charge in [0.2, 0.25) is 11.8 Å². The molecular formula is C12H19N5O2. The highest BCUT2D eigenvalue weighted by molar-refractivity contribution is 5.77. The summed E-state index contributed by atoms with van der Waals surface area (Å²) in [5, 5.41) is 11.4. The highest BCUT2D eigenvalue weighted by Crippen LogP contribution is 2.23. The molecule has 1 aliphatic carbocycles. The Bertz CT molecular complexity index is 457. The molecule has 1 unspecified atom stereocenters. The van der Waals surface area contributed by atoms with Gasteiger partial charge in [-0.3, -0.25) is 4.79 Å². The minimum atomic E-state index is -0.250. The number of aromatic nitrogens is 2. The fraction of sp³-hybridized carbons (Fsp3) is 0.750. The summed E-state index contributed by atoms with van der Waals surface area (Å²) in [6, 6.07) is 1.11. The first-order valence-corrected chi connectivity index (χ1v) is 6.82. The molecule has 1 amide bonds. The number of nitrogens with two attached hydrogens (primary N) is 1. The van der Waals surface area contributed by atoms with Crippen LogP contribution >= 0.6 is 0 Å². The number of primary amides is 1. The van der Waals surface area contributed by atoms with Crippen LogP contribution in [0.2, 0.25) is 0 Å². The summed E-state index contributed by atoms with van der Waals surface area (Å²) < 4.78 is 5.62. The summed E-state index contributed by atoms with van der Waals surface area (Å²) in [7, 11) is 0. The van der Waals surface area contributed by atoms with Crippen molar-refractivity contribution in [1.29, 1.82) is 0 Å². The van der Waals surface area contributed by atoms with Gasteiger partial charge in [-0.2, -0.15) is 0 Å². The van der Waals surface area contributed by atoms with E-state index in [9.17, 15) is 4.79 Å². The van der Waals surface area contributed by atoms with E-state index in [1.54, 1.807) is 0 Å². The summed E-state index contributed by atoms with van der Waals surface area (Å²) in [4.78, 5) is 13.2. The molecule has 1 saturated heterocycles. The summed E-state index contributed by atoms with van der Waals surface area (Å²) in [5.41, 5.74) is 5.36. The van der Waals surface area contributed by atoms with Crippen molar-refractivity contribution in [3.05, 3.63) is 5.89 Å². The Balaban J connectivity index is 1.59. The minimum Gasteiger partial charge on any atom is -0.407 e. The fourth-order valence-corrected chi connectivity index (χ4v) is 2.35. The zero-order chi connectivity index (χ0) is 13.2. The van der Waals surface area contributed by atoms with Crippen LogP contribution in [0.25, 0.3) is 0 Å². The highest BCUT2D eigenvalue weighted by atomic mass is 16.4. The van der Waals surface area contributed by atoms with Crippen LogP contribution in [0.5, 0.6) is 0 Å². The molecule has 0 bridgehead atoms. The molecule has 0 radical (unpaired) electrons. The first-order chi connectivity index (χ1) is 9.22. The maximum atomic E-state index is 11.2. The lowest BCUT2D eigenvalue weighted by Gasteiger charge is -2.29. The number of hydrogen-bond donors (Lipinski definition) is 2. The predicted molar refractivity (Wildman–Crippen MR) is 68.3 cm³/mol. The van der Waals surface area contributed by atoms with Gasteiger partial charge in [0.1, 0.15) is 0 Å². The largest absolute Gasteiger partial charge is 0.407 e. The Kier molecular flexibility index (Phi) is 3.37. The van der Waals surface area contributed by atoms with E-state index in [4.69, 9.17) is 10.2 Å². The zero-order valence-electron chi connectivity index (χ0n) is 10.8. The average Bonchev–Trinajstić information content (AvgIpc) is 3.13. The molecular weight excluding hydrogens is 246 g/mol. The number of piperidine rings is 1. The van der Waals surface area contributed by atoms with Crippen molar-refractivity contribution in [2.75, 3.05) is 18.0 Å². The second-order valence-electron chi connectivity index (χ2n) is 5.32. The van der Waals surface area contributed by atoms with Crippen LogP contribution in [0.1, 0.15) is 31.6 Å². The molecule has 1 aromatic heterocycles. The normalized spacial score (nSPS) is 23.6. The molecule has 1 aliphatic heterocycles. The van der Waals surface area contributed by atoms with Crippen molar-refractivity contribution >= 4 is 11.9 Å². The summed E-state index contributed by atoms with van der Waals surface area (Å²) >= 11 is 0. The van der Waals surface area contributed by atoms with Gasteiger partial charge in [-0.05, 0) is 25.7 Å². The van der Waals surface area contributed by atoms with E-state index in [1.807, 2.05) is 4.90 Å². The molecule has 7 heteroatoms. The quantitative estimate of drug-likeness (QED) is 0.779. The van der Waals surface area contributed by atoms with E-state index >= 15 is 0 Å². The molecule has 7 nitrogen and oxygen atoms in total. The third-order valence-electron chi connectivity index (χ3n) is 3.67. The standard InChI is InChI=1S/C12H19N5O2/c13-11(18)8-2-1-5-17(7-8)12-16-15-10(19-12)6-14-9-3-4-9/h8-9,14H,1-7H2,(H2,13,18). The van der Waals surface area contributed by atoms with E-state index in [0.29, 0.717) is 31.0 Å². The van der Waals surface area contributed by atoms with Crippen molar-refractivity contribution in [3.8, 4) is 0 Å². The second kappa shape index (κ2) is 5.16. The van der Waals surface area contributed by atoms with Crippen molar-refractivity contribution in [2.45, 2.75) is 38.3 Å². The fourth-order valence-electron chi connectivity index (χ4n) is 2.35. The van der Waals surface area contributed by atoms with Crippen molar-refractivity contribution in [1.82, 2.24) is 15.5 Å². The van der Waals surface area contributed by atoms with Gasteiger partial charge in [-0.1, -0.05) is 5.10 Å². The molecule has 0 spiro atoms. The average molecular weight is 265 g/mol. The van der Waals surface area contributed by atoms with Crippen molar-refractivity contribution in [3.63, 3.8) is 0 Å². The lowest BCUT2D eigenvalue weighted by Crippen LogP contribution is -2.41. The monoisotopic (exact) mass is 265 g/mol. The SMILES string of the molecule is NC(=O)C1CCCN(c2nnc(CNC3CC3)o2)C1. The molecule has 1 atom stereocenters. The third kappa shape index (κ3) is 3.04. The van der Waals surface area contributed by atoms with Gasteiger partial charge in [0.15, 0.2) is 0 Å². The molecule has 1 aromatic rings. The van der Waals surface area contributed by atoms with Gasteiger partial charge >= 0.3 is 6.01 Å². The predicted octanol–water partition coefficient (Wildman–Crippen LogP) is 0.0233. The number of nitrogens with zero attached hydrogens (tertiary/aromatic N) is 3. The number of rotatable bonds is 5. The summed E-state index contributed by atoms with van der Waals surface area (Å²) in [6.45, 7) is 2.03. The number of hydrogen-bond acceptors (Lipinski definition) is 6. The highest BCUT2D eigenvalue weighted by Gasteiger charge is 2.27.